The van der Waals surface area contributed by atoms with Gasteiger partial charge in [-0.05, 0) is 30.0 Å². The smallest absolute Gasteiger partial charge is 0.318 e. The zero-order valence-corrected chi connectivity index (χ0v) is 21.7. The number of benzene rings is 2. The molecule has 6 nitrogen and oxygen atoms in total. The Kier molecular flexibility index (Phi) is 8.51. The molecule has 1 aliphatic heterocycles. The molecule has 1 aliphatic rings. The molecule has 0 unspecified atom stereocenters. The molecule has 0 radical (unpaired) electrons. The van der Waals surface area contributed by atoms with E-state index in [1.165, 1.54) is 35.2 Å². The standard InChI is InChI=1S/C26H29Cl2F2N3O3/c1-25(2,3)10-15-12-33(24(36)32-11-17(35)13-34)23(18-5-4-6-20(28)22(18)30)26(15,14-31)19-8-7-16(27)9-21(19)29/h4-9,15,17,23,34-35H,10-13H2,1-3H3,(H,32,36)/t15-,17-,23-,26-/m0/s1. The summed E-state index contributed by atoms with van der Waals surface area (Å²) in [6, 6.07) is 8.56. The molecule has 0 aromatic heterocycles. The molecule has 4 atom stereocenters. The van der Waals surface area contributed by atoms with Gasteiger partial charge in [-0.15, -0.1) is 0 Å². The van der Waals surface area contributed by atoms with Crippen LogP contribution < -0.4 is 5.32 Å². The third-order valence-corrected chi connectivity index (χ3v) is 6.99. The first-order valence-corrected chi connectivity index (χ1v) is 12.3. The summed E-state index contributed by atoms with van der Waals surface area (Å²) in [5.41, 5.74) is -2.06. The van der Waals surface area contributed by atoms with Gasteiger partial charge in [-0.3, -0.25) is 0 Å². The van der Waals surface area contributed by atoms with Crippen LogP contribution in [0.25, 0.3) is 0 Å². The van der Waals surface area contributed by atoms with Gasteiger partial charge in [0.05, 0.1) is 29.8 Å². The Morgan fingerprint density at radius 3 is 2.58 bits per heavy atom. The maximum absolute atomic E-state index is 15.5. The molecule has 0 bridgehead atoms. The van der Waals surface area contributed by atoms with Crippen LogP contribution in [-0.4, -0.2) is 46.9 Å². The van der Waals surface area contributed by atoms with Gasteiger partial charge in [0.2, 0.25) is 0 Å². The van der Waals surface area contributed by atoms with Crippen molar-refractivity contribution in [3.05, 3.63) is 69.2 Å². The van der Waals surface area contributed by atoms with E-state index < -0.39 is 47.8 Å². The molecule has 3 N–H and O–H groups in total. The number of aliphatic hydroxyl groups excluding tert-OH is 2. The minimum absolute atomic E-state index is 0.00119. The summed E-state index contributed by atoms with van der Waals surface area (Å²) in [5, 5.41) is 32.1. The number of nitriles is 1. The molecule has 3 rings (SSSR count). The van der Waals surface area contributed by atoms with Gasteiger partial charge in [-0.1, -0.05) is 62.2 Å². The van der Waals surface area contributed by atoms with E-state index in [-0.39, 0.29) is 39.7 Å². The highest BCUT2D eigenvalue weighted by atomic mass is 35.5. The van der Waals surface area contributed by atoms with Crippen LogP contribution in [0.2, 0.25) is 10.0 Å². The molecule has 2 amide bonds. The van der Waals surface area contributed by atoms with Gasteiger partial charge in [0.15, 0.2) is 0 Å². The van der Waals surface area contributed by atoms with Crippen molar-refractivity contribution in [3.63, 3.8) is 0 Å². The van der Waals surface area contributed by atoms with Crippen molar-refractivity contribution >= 4 is 29.2 Å². The van der Waals surface area contributed by atoms with E-state index in [9.17, 15) is 15.2 Å². The number of aliphatic hydroxyl groups is 2. The number of nitrogens with zero attached hydrogens (tertiary/aromatic N) is 2. The lowest BCUT2D eigenvalue weighted by atomic mass is 9.63. The van der Waals surface area contributed by atoms with Crippen molar-refractivity contribution in [2.75, 3.05) is 19.7 Å². The molecule has 2 aromatic rings. The number of halogens is 4. The highest BCUT2D eigenvalue weighted by Crippen LogP contribution is 2.56. The number of carbonyl (C=O) groups excluding carboxylic acids is 1. The summed E-state index contributed by atoms with van der Waals surface area (Å²) >= 11 is 12.1. The average Bonchev–Trinajstić information content (AvgIpc) is 3.11. The SMILES string of the molecule is CC(C)(C)C[C@H]1CN(C(=O)NC[C@H](O)CO)[C@@H](c2cccc(Cl)c2F)[C@]1(C#N)c1ccc(Cl)cc1F. The molecule has 10 heteroatoms. The van der Waals surface area contributed by atoms with Crippen molar-refractivity contribution in [3.8, 4) is 6.07 Å². The number of hydrogen-bond donors (Lipinski definition) is 3. The van der Waals surface area contributed by atoms with Gasteiger partial charge in [-0.2, -0.15) is 5.26 Å². The Balaban J connectivity index is 2.29. The first-order valence-electron chi connectivity index (χ1n) is 11.5. The minimum atomic E-state index is -1.69. The lowest BCUT2D eigenvalue weighted by molar-refractivity contribution is 0.0933. The van der Waals surface area contributed by atoms with Crippen molar-refractivity contribution < 1.29 is 23.8 Å². The molecular formula is C26H29Cl2F2N3O3. The van der Waals surface area contributed by atoms with Crippen LogP contribution in [0, 0.1) is 34.3 Å². The largest absolute Gasteiger partial charge is 0.394 e. The molecule has 1 saturated heterocycles. The molecular weight excluding hydrogens is 511 g/mol. The number of carbonyl (C=O) groups is 1. The molecule has 0 saturated carbocycles. The Bertz CT molecular complexity index is 1170. The molecule has 1 fully saturated rings. The Morgan fingerprint density at radius 1 is 1.31 bits per heavy atom. The van der Waals surface area contributed by atoms with Gasteiger partial charge in [0.1, 0.15) is 17.0 Å². The van der Waals surface area contributed by atoms with Crippen molar-refractivity contribution in [2.45, 2.75) is 44.8 Å². The fourth-order valence-corrected chi connectivity index (χ4v) is 5.38. The van der Waals surface area contributed by atoms with E-state index in [1.54, 1.807) is 0 Å². The summed E-state index contributed by atoms with van der Waals surface area (Å²) in [6.45, 7) is 5.05. The number of likely N-dealkylation sites (tertiary alicyclic amines) is 1. The van der Waals surface area contributed by atoms with Gasteiger partial charge in [-0.25, -0.2) is 13.6 Å². The second-order valence-electron chi connectivity index (χ2n) is 10.3. The third-order valence-electron chi connectivity index (χ3n) is 6.46. The highest BCUT2D eigenvalue weighted by molar-refractivity contribution is 6.31. The third kappa shape index (κ3) is 5.45. The van der Waals surface area contributed by atoms with Gasteiger partial charge in [0.25, 0.3) is 0 Å². The maximum atomic E-state index is 15.5. The van der Waals surface area contributed by atoms with Crippen LogP contribution in [0.4, 0.5) is 13.6 Å². The second-order valence-corrected chi connectivity index (χ2v) is 11.1. The van der Waals surface area contributed by atoms with E-state index in [4.69, 9.17) is 28.3 Å². The second kappa shape index (κ2) is 10.9. The highest BCUT2D eigenvalue weighted by Gasteiger charge is 2.60. The summed E-state index contributed by atoms with van der Waals surface area (Å²) < 4.78 is 31.0. The Hall–Kier alpha value is -2.44. The van der Waals surface area contributed by atoms with Crippen LogP contribution >= 0.6 is 23.2 Å². The van der Waals surface area contributed by atoms with Crippen LogP contribution in [0.15, 0.2) is 36.4 Å². The summed E-state index contributed by atoms with van der Waals surface area (Å²) in [4.78, 5) is 14.7. The van der Waals surface area contributed by atoms with Crippen molar-refractivity contribution in [2.24, 2.45) is 11.3 Å². The zero-order chi connectivity index (χ0) is 26.8. The summed E-state index contributed by atoms with van der Waals surface area (Å²) in [7, 11) is 0. The van der Waals surface area contributed by atoms with Crippen molar-refractivity contribution in [1.29, 1.82) is 5.26 Å². The fourth-order valence-electron chi connectivity index (χ4n) is 5.04. The van der Waals surface area contributed by atoms with E-state index in [0.717, 1.165) is 6.07 Å². The zero-order valence-electron chi connectivity index (χ0n) is 20.2. The first-order chi connectivity index (χ1) is 16.9. The molecule has 1 heterocycles. The quantitative estimate of drug-likeness (QED) is 0.469. The molecule has 36 heavy (non-hydrogen) atoms. The summed E-state index contributed by atoms with van der Waals surface area (Å²) in [5.74, 6) is -2.16. The topological polar surface area (TPSA) is 96.6 Å². The van der Waals surface area contributed by atoms with E-state index in [2.05, 4.69) is 11.4 Å². The van der Waals surface area contributed by atoms with E-state index in [1.807, 2.05) is 20.8 Å². The lowest BCUT2D eigenvalue weighted by Gasteiger charge is -2.38. The van der Waals surface area contributed by atoms with Crippen LogP contribution in [0.1, 0.15) is 44.4 Å². The predicted molar refractivity (Wildman–Crippen MR) is 134 cm³/mol. The monoisotopic (exact) mass is 539 g/mol. The number of hydrogen-bond acceptors (Lipinski definition) is 4. The Morgan fingerprint density at radius 2 is 2.00 bits per heavy atom. The van der Waals surface area contributed by atoms with E-state index in [0.29, 0.717) is 6.42 Å². The van der Waals surface area contributed by atoms with Crippen molar-refractivity contribution in [1.82, 2.24) is 10.2 Å². The first kappa shape index (κ1) is 28.1. The minimum Gasteiger partial charge on any atom is -0.394 e. The molecule has 0 spiro atoms. The Labute approximate surface area is 219 Å². The van der Waals surface area contributed by atoms with Crippen LogP contribution in [0.5, 0.6) is 0 Å². The van der Waals surface area contributed by atoms with Gasteiger partial charge < -0.3 is 20.4 Å². The summed E-state index contributed by atoms with van der Waals surface area (Å²) in [6.07, 6.45) is -0.803. The normalized spacial score (nSPS) is 22.8. The molecule has 0 aliphatic carbocycles. The number of urea groups is 1. The lowest BCUT2D eigenvalue weighted by Crippen LogP contribution is -2.46. The van der Waals surface area contributed by atoms with E-state index >= 15 is 8.78 Å². The average molecular weight is 540 g/mol. The maximum Gasteiger partial charge on any atom is 0.318 e. The molecule has 194 valence electrons. The number of rotatable bonds is 6. The van der Waals surface area contributed by atoms with Gasteiger partial charge in [0, 0.05) is 35.2 Å². The number of nitrogens with one attached hydrogen (secondary N) is 1. The predicted octanol–water partition coefficient (Wildman–Crippen LogP) is 5.21. The number of amides is 2. The van der Waals surface area contributed by atoms with Crippen LogP contribution in [-0.2, 0) is 5.41 Å². The fraction of sp³-hybridized carbons (Fsp3) is 0.462. The van der Waals surface area contributed by atoms with Crippen LogP contribution in [0.3, 0.4) is 0 Å². The molecule has 2 aromatic carbocycles. The van der Waals surface area contributed by atoms with Gasteiger partial charge >= 0.3 is 6.03 Å².